The van der Waals surface area contributed by atoms with Gasteiger partial charge in [0.1, 0.15) is 23.8 Å². The van der Waals surface area contributed by atoms with Crippen molar-refractivity contribution in [2.45, 2.75) is 102 Å². The molecule has 0 aromatic heterocycles. The normalized spacial score (nSPS) is 26.3. The summed E-state index contributed by atoms with van der Waals surface area (Å²) in [5.74, 6) is -1.81. The summed E-state index contributed by atoms with van der Waals surface area (Å²) in [6.45, 7) is 21.1. The first-order valence-electron chi connectivity index (χ1n) is 11.6. The van der Waals surface area contributed by atoms with Crippen LogP contribution in [0.5, 0.6) is 0 Å². The predicted octanol–water partition coefficient (Wildman–Crippen LogP) is 6.83. The fraction of sp³-hybridized carbons (Fsp3) is 0.640. The SMILES string of the molecule is CC(C)(C)[Si](C)(C)O[C@@H]1C(c2cc(F)cc(F)c2)=C[C@]2(O[Si](C)(C)C(C)(C)C)C[C@H]1OC2=O. The molecule has 184 valence electrons. The maximum atomic E-state index is 14.2. The first-order chi connectivity index (χ1) is 14.8. The average Bonchev–Trinajstić information content (AvgIpc) is 2.85. The van der Waals surface area contributed by atoms with E-state index in [1.54, 1.807) is 6.08 Å². The number of hydrogen-bond donors (Lipinski definition) is 0. The average molecular weight is 497 g/mol. The molecule has 4 nitrogen and oxygen atoms in total. The van der Waals surface area contributed by atoms with Crippen molar-refractivity contribution in [2.75, 3.05) is 0 Å². The smallest absolute Gasteiger partial charge is 0.341 e. The summed E-state index contributed by atoms with van der Waals surface area (Å²) in [4.78, 5) is 13.2. The highest BCUT2D eigenvalue weighted by molar-refractivity contribution is 6.74. The van der Waals surface area contributed by atoms with E-state index < -0.39 is 52.0 Å². The Morgan fingerprint density at radius 1 is 0.939 bits per heavy atom. The first kappa shape index (κ1) is 26.3. The van der Waals surface area contributed by atoms with Crippen molar-refractivity contribution >= 4 is 28.2 Å². The minimum absolute atomic E-state index is 0.0971. The maximum Gasteiger partial charge on any atom is 0.341 e. The number of benzene rings is 1. The third-order valence-electron chi connectivity index (χ3n) is 7.81. The van der Waals surface area contributed by atoms with Gasteiger partial charge in [-0.3, -0.25) is 0 Å². The molecular formula is C25H38F2O4Si2. The van der Waals surface area contributed by atoms with Crippen LogP contribution in [0.4, 0.5) is 8.78 Å². The molecular weight excluding hydrogens is 458 g/mol. The Morgan fingerprint density at radius 2 is 1.45 bits per heavy atom. The van der Waals surface area contributed by atoms with E-state index in [0.29, 0.717) is 17.6 Å². The molecule has 0 spiro atoms. The predicted molar refractivity (Wildman–Crippen MR) is 132 cm³/mol. The minimum atomic E-state index is -2.38. The molecule has 0 unspecified atom stereocenters. The number of hydrogen-bond acceptors (Lipinski definition) is 4. The van der Waals surface area contributed by atoms with Crippen molar-refractivity contribution in [3.8, 4) is 0 Å². The summed E-state index contributed by atoms with van der Waals surface area (Å²) >= 11 is 0. The molecule has 1 heterocycles. The quantitative estimate of drug-likeness (QED) is 0.331. The summed E-state index contributed by atoms with van der Waals surface area (Å²) in [6.07, 6.45) is 0.863. The third-order valence-corrected chi connectivity index (χ3v) is 16.8. The fourth-order valence-corrected chi connectivity index (χ4v) is 6.51. The van der Waals surface area contributed by atoms with Gasteiger partial charge in [0.25, 0.3) is 0 Å². The van der Waals surface area contributed by atoms with Crippen LogP contribution in [-0.2, 0) is 18.4 Å². The van der Waals surface area contributed by atoms with Crippen LogP contribution in [0, 0.1) is 11.6 Å². The Balaban J connectivity index is 2.17. The zero-order valence-electron chi connectivity index (χ0n) is 21.6. The van der Waals surface area contributed by atoms with Crippen molar-refractivity contribution in [3.63, 3.8) is 0 Å². The maximum absolute atomic E-state index is 14.2. The molecule has 8 heteroatoms. The Hall–Kier alpha value is -1.36. The van der Waals surface area contributed by atoms with Gasteiger partial charge < -0.3 is 13.6 Å². The van der Waals surface area contributed by atoms with Crippen LogP contribution in [0.3, 0.4) is 0 Å². The summed E-state index contributed by atoms with van der Waals surface area (Å²) in [7, 11) is -4.69. The van der Waals surface area contributed by atoms with Crippen molar-refractivity contribution in [2.24, 2.45) is 0 Å². The molecule has 0 amide bonds. The van der Waals surface area contributed by atoms with Gasteiger partial charge >= 0.3 is 5.97 Å². The molecule has 0 saturated carbocycles. The summed E-state index contributed by atoms with van der Waals surface area (Å²) < 4.78 is 47.7. The van der Waals surface area contributed by atoms with Gasteiger partial charge in [-0.25, -0.2) is 13.6 Å². The highest BCUT2D eigenvalue weighted by Gasteiger charge is 2.60. The molecule has 2 aliphatic rings. The molecule has 1 aromatic rings. The van der Waals surface area contributed by atoms with Gasteiger partial charge in [0.05, 0.1) is 0 Å². The van der Waals surface area contributed by atoms with Gasteiger partial charge in [-0.05, 0) is 65.6 Å². The van der Waals surface area contributed by atoms with Crippen molar-refractivity contribution in [3.05, 3.63) is 41.5 Å². The van der Waals surface area contributed by atoms with Crippen molar-refractivity contribution < 1.29 is 27.2 Å². The highest BCUT2D eigenvalue weighted by Crippen LogP contribution is 2.50. The van der Waals surface area contributed by atoms with Gasteiger partial charge in [-0.15, -0.1) is 0 Å². The van der Waals surface area contributed by atoms with E-state index in [9.17, 15) is 13.6 Å². The van der Waals surface area contributed by atoms with Crippen LogP contribution in [-0.4, -0.2) is 40.4 Å². The molecule has 0 N–H and O–H groups in total. The van der Waals surface area contributed by atoms with E-state index in [4.69, 9.17) is 13.6 Å². The summed E-state index contributed by atoms with van der Waals surface area (Å²) in [5, 5.41) is -0.229. The fourth-order valence-electron chi connectivity index (χ4n) is 3.80. The Labute approximate surface area is 199 Å². The highest BCUT2D eigenvalue weighted by atomic mass is 28.4. The van der Waals surface area contributed by atoms with Crippen molar-refractivity contribution in [1.82, 2.24) is 0 Å². The topological polar surface area (TPSA) is 44.8 Å². The standard InChI is InChI=1S/C25H38F2O4Si2/c1-23(2,3)32(7,8)30-21-19(16-11-17(26)13-18(27)12-16)14-25(15-20(21)29-22(25)28)31-33(9,10)24(4,5)6/h11-14,20-21H,15H2,1-10H3/t20-,21-,25+/m1/s1. The van der Waals surface area contributed by atoms with Gasteiger partial charge in [0.15, 0.2) is 22.2 Å². The lowest BCUT2D eigenvalue weighted by molar-refractivity contribution is -0.151. The molecule has 1 aliphatic carbocycles. The van der Waals surface area contributed by atoms with Gasteiger partial charge in [-0.1, -0.05) is 41.5 Å². The van der Waals surface area contributed by atoms with Crippen LogP contribution in [0.25, 0.3) is 5.57 Å². The van der Waals surface area contributed by atoms with Gasteiger partial charge in [0, 0.05) is 12.5 Å². The van der Waals surface area contributed by atoms with Crippen LogP contribution >= 0.6 is 0 Å². The zero-order valence-corrected chi connectivity index (χ0v) is 23.6. The lowest BCUT2D eigenvalue weighted by Gasteiger charge is -2.45. The molecule has 1 aliphatic heterocycles. The van der Waals surface area contributed by atoms with E-state index in [0.717, 1.165) is 6.07 Å². The third kappa shape index (κ3) is 4.90. The van der Waals surface area contributed by atoms with Gasteiger partial charge in [-0.2, -0.15) is 0 Å². The zero-order chi connectivity index (χ0) is 25.2. The second-order valence-corrected chi connectivity index (χ2v) is 21.9. The van der Waals surface area contributed by atoms with Crippen LogP contribution in [0.1, 0.15) is 53.5 Å². The number of fused-ring (bicyclic) bond motifs is 2. The summed E-state index contributed by atoms with van der Waals surface area (Å²) in [5.41, 5.74) is -0.375. The van der Waals surface area contributed by atoms with E-state index in [-0.39, 0.29) is 10.1 Å². The monoisotopic (exact) mass is 496 g/mol. The number of carbonyl (C=O) groups excluding carboxylic acids is 1. The van der Waals surface area contributed by atoms with Crippen LogP contribution in [0.15, 0.2) is 24.3 Å². The van der Waals surface area contributed by atoms with Gasteiger partial charge in [0.2, 0.25) is 0 Å². The molecule has 1 fully saturated rings. The Bertz CT molecular complexity index is 955. The second kappa shape index (κ2) is 8.10. The molecule has 3 rings (SSSR count). The number of ether oxygens (including phenoxy) is 1. The van der Waals surface area contributed by atoms with E-state index in [1.807, 2.05) is 0 Å². The Kier molecular flexibility index (Phi) is 6.45. The molecule has 0 radical (unpaired) electrons. The number of rotatable bonds is 5. The van der Waals surface area contributed by atoms with Crippen molar-refractivity contribution in [1.29, 1.82) is 0 Å². The molecule has 1 saturated heterocycles. The second-order valence-electron chi connectivity index (χ2n) is 12.5. The first-order valence-corrected chi connectivity index (χ1v) is 17.4. The lowest BCUT2D eigenvalue weighted by atomic mass is 9.82. The number of carbonyl (C=O) groups is 1. The molecule has 1 aromatic carbocycles. The number of halogens is 2. The molecule has 2 bridgehead atoms. The molecule has 3 atom stereocenters. The summed E-state index contributed by atoms with van der Waals surface area (Å²) in [6, 6.07) is 3.41. The lowest BCUT2D eigenvalue weighted by Crippen LogP contribution is -2.53. The van der Waals surface area contributed by atoms with E-state index in [2.05, 4.69) is 67.7 Å². The Morgan fingerprint density at radius 3 is 1.94 bits per heavy atom. The van der Waals surface area contributed by atoms with Crippen LogP contribution in [0.2, 0.25) is 36.3 Å². The number of esters is 1. The minimum Gasteiger partial charge on any atom is -0.457 e. The van der Waals surface area contributed by atoms with Crippen LogP contribution < -0.4 is 0 Å². The molecule has 33 heavy (non-hydrogen) atoms. The largest absolute Gasteiger partial charge is 0.457 e. The van der Waals surface area contributed by atoms with E-state index >= 15 is 0 Å². The van der Waals surface area contributed by atoms with E-state index in [1.165, 1.54) is 12.1 Å².